The molecule has 0 saturated carbocycles. The lowest BCUT2D eigenvalue weighted by molar-refractivity contribution is -0.115. The maximum Gasteiger partial charge on any atom is 0.254 e. The fourth-order valence-corrected chi connectivity index (χ4v) is 3.99. The van der Waals surface area contributed by atoms with E-state index in [9.17, 15) is 9.59 Å². The van der Waals surface area contributed by atoms with Crippen LogP contribution in [0, 0.1) is 0 Å². The topological polar surface area (TPSA) is 126 Å². The average molecular weight is 491 g/mol. The molecule has 178 valence electrons. The number of benzene rings is 2. The summed E-state index contributed by atoms with van der Waals surface area (Å²) >= 11 is 1.33. The Labute approximate surface area is 205 Å². The molecular weight excluding hydrogens is 468 g/mol. The number of ether oxygens (including phenoxy) is 3. The summed E-state index contributed by atoms with van der Waals surface area (Å²) in [7, 11) is 3.15. The van der Waals surface area contributed by atoms with E-state index in [4.69, 9.17) is 19.9 Å². The number of primary amides is 1. The van der Waals surface area contributed by atoms with Crippen LogP contribution in [0.2, 0.25) is 0 Å². The van der Waals surface area contributed by atoms with Gasteiger partial charge in [0.05, 0.1) is 26.3 Å². The fourth-order valence-electron chi connectivity index (χ4n) is 3.25. The number of amides is 2. The van der Waals surface area contributed by atoms with Gasteiger partial charge in [-0.3, -0.25) is 9.59 Å². The molecule has 2 aromatic carbocycles. The summed E-state index contributed by atoms with van der Waals surface area (Å²) < 4.78 is 16.3. The maximum atomic E-state index is 12.5. The van der Waals surface area contributed by atoms with Crippen molar-refractivity contribution in [2.45, 2.75) is 6.42 Å². The van der Waals surface area contributed by atoms with E-state index in [0.717, 1.165) is 16.8 Å². The predicted molar refractivity (Wildman–Crippen MR) is 132 cm³/mol. The van der Waals surface area contributed by atoms with Crippen LogP contribution >= 0.6 is 11.3 Å². The lowest BCUT2D eigenvalue weighted by Gasteiger charge is -2.08. The van der Waals surface area contributed by atoms with Gasteiger partial charge in [-0.25, -0.2) is 9.97 Å². The second-order valence-corrected chi connectivity index (χ2v) is 8.16. The first-order chi connectivity index (χ1) is 17.0. The number of thiazole rings is 1. The molecule has 10 heteroatoms. The molecule has 0 aliphatic carbocycles. The molecule has 0 radical (unpaired) electrons. The molecule has 0 bridgehead atoms. The summed E-state index contributed by atoms with van der Waals surface area (Å²) in [6.45, 7) is 0. The molecule has 2 heterocycles. The Morgan fingerprint density at radius 2 is 1.80 bits per heavy atom. The maximum absolute atomic E-state index is 12.5. The Morgan fingerprint density at radius 1 is 1.03 bits per heavy atom. The van der Waals surface area contributed by atoms with E-state index in [1.54, 1.807) is 50.6 Å². The van der Waals surface area contributed by atoms with Gasteiger partial charge in [-0.15, -0.1) is 11.3 Å². The molecule has 0 spiro atoms. The summed E-state index contributed by atoms with van der Waals surface area (Å²) in [4.78, 5) is 32.6. The number of methoxy groups -OCH3 is 2. The first kappa shape index (κ1) is 23.7. The SMILES string of the molecule is COc1ccc(-c2csc(NC(=O)Cc3ccc(Oc4ncccc4C(N)=O)cc3)n2)cc1OC. The van der Waals surface area contributed by atoms with E-state index in [-0.39, 0.29) is 23.8 Å². The molecule has 0 fully saturated rings. The van der Waals surface area contributed by atoms with Crippen molar-refractivity contribution >= 4 is 28.3 Å². The quantitative estimate of drug-likeness (QED) is 0.358. The zero-order chi connectivity index (χ0) is 24.8. The summed E-state index contributed by atoms with van der Waals surface area (Å²) in [5.74, 6) is 0.995. The van der Waals surface area contributed by atoms with Crippen LogP contribution in [0.4, 0.5) is 5.13 Å². The van der Waals surface area contributed by atoms with Crippen molar-refractivity contribution in [3.63, 3.8) is 0 Å². The molecule has 2 aromatic heterocycles. The highest BCUT2D eigenvalue weighted by Gasteiger charge is 2.13. The number of aromatic nitrogens is 2. The summed E-state index contributed by atoms with van der Waals surface area (Å²) in [5.41, 5.74) is 7.89. The average Bonchev–Trinajstić information content (AvgIpc) is 3.33. The Kier molecular flexibility index (Phi) is 7.22. The zero-order valence-electron chi connectivity index (χ0n) is 19.0. The van der Waals surface area contributed by atoms with Crippen molar-refractivity contribution in [1.82, 2.24) is 9.97 Å². The van der Waals surface area contributed by atoms with Crippen molar-refractivity contribution in [2.24, 2.45) is 5.73 Å². The van der Waals surface area contributed by atoms with Gasteiger partial charge in [0.2, 0.25) is 11.8 Å². The number of nitrogens with two attached hydrogens (primary N) is 1. The van der Waals surface area contributed by atoms with E-state index < -0.39 is 5.91 Å². The molecule has 4 aromatic rings. The lowest BCUT2D eigenvalue weighted by atomic mass is 10.1. The van der Waals surface area contributed by atoms with Gasteiger partial charge in [0, 0.05) is 17.1 Å². The molecular formula is C25H22N4O5S. The smallest absolute Gasteiger partial charge is 0.254 e. The van der Waals surface area contributed by atoms with Crippen LogP contribution in [0.25, 0.3) is 11.3 Å². The zero-order valence-corrected chi connectivity index (χ0v) is 19.8. The summed E-state index contributed by atoms with van der Waals surface area (Å²) in [6, 6.07) is 15.6. The van der Waals surface area contributed by atoms with Gasteiger partial charge >= 0.3 is 0 Å². The summed E-state index contributed by atoms with van der Waals surface area (Å²) in [5, 5.41) is 5.18. The van der Waals surface area contributed by atoms with Crippen LogP contribution in [0.15, 0.2) is 66.2 Å². The number of hydrogen-bond acceptors (Lipinski definition) is 8. The Balaban J connectivity index is 1.37. The van der Waals surface area contributed by atoms with Gasteiger partial charge in [-0.05, 0) is 48.0 Å². The minimum absolute atomic E-state index is 0.125. The van der Waals surface area contributed by atoms with Gasteiger partial charge in [0.15, 0.2) is 16.6 Å². The molecule has 4 rings (SSSR count). The minimum atomic E-state index is -0.627. The number of pyridine rings is 1. The second-order valence-electron chi connectivity index (χ2n) is 7.30. The second kappa shape index (κ2) is 10.7. The van der Waals surface area contributed by atoms with Gasteiger partial charge in [0.1, 0.15) is 11.3 Å². The van der Waals surface area contributed by atoms with Gasteiger partial charge in [-0.2, -0.15) is 0 Å². The molecule has 35 heavy (non-hydrogen) atoms. The summed E-state index contributed by atoms with van der Waals surface area (Å²) in [6.07, 6.45) is 1.66. The number of carbonyl (C=O) groups excluding carboxylic acids is 2. The highest BCUT2D eigenvalue weighted by atomic mass is 32.1. The third-order valence-electron chi connectivity index (χ3n) is 4.97. The van der Waals surface area contributed by atoms with E-state index >= 15 is 0 Å². The number of nitrogens with zero attached hydrogens (tertiary/aromatic N) is 2. The third kappa shape index (κ3) is 5.74. The number of anilines is 1. The Morgan fingerprint density at radius 3 is 2.51 bits per heavy atom. The van der Waals surface area contributed by atoms with Crippen molar-refractivity contribution in [3.8, 4) is 34.4 Å². The molecule has 0 aliphatic heterocycles. The van der Waals surface area contributed by atoms with Crippen molar-refractivity contribution in [1.29, 1.82) is 0 Å². The van der Waals surface area contributed by atoms with Crippen molar-refractivity contribution in [3.05, 3.63) is 77.3 Å². The highest BCUT2D eigenvalue weighted by molar-refractivity contribution is 7.14. The van der Waals surface area contributed by atoms with Crippen LogP contribution in [0.3, 0.4) is 0 Å². The monoisotopic (exact) mass is 490 g/mol. The lowest BCUT2D eigenvalue weighted by Crippen LogP contribution is -2.14. The van der Waals surface area contributed by atoms with Crippen LogP contribution in [-0.4, -0.2) is 36.0 Å². The molecule has 0 aliphatic rings. The Hall–Kier alpha value is -4.44. The van der Waals surface area contributed by atoms with Crippen LogP contribution in [0.5, 0.6) is 23.1 Å². The largest absolute Gasteiger partial charge is 0.493 e. The fraction of sp³-hybridized carbons (Fsp3) is 0.120. The van der Waals surface area contributed by atoms with Crippen molar-refractivity contribution in [2.75, 3.05) is 19.5 Å². The van der Waals surface area contributed by atoms with E-state index in [1.165, 1.54) is 17.5 Å². The van der Waals surface area contributed by atoms with Crippen LogP contribution in [0.1, 0.15) is 15.9 Å². The molecule has 3 N–H and O–H groups in total. The first-order valence-electron chi connectivity index (χ1n) is 10.5. The molecule has 9 nitrogen and oxygen atoms in total. The third-order valence-corrected chi connectivity index (χ3v) is 5.73. The van der Waals surface area contributed by atoms with Gasteiger partial charge < -0.3 is 25.3 Å². The number of hydrogen-bond donors (Lipinski definition) is 2. The minimum Gasteiger partial charge on any atom is -0.493 e. The number of rotatable bonds is 9. The van der Waals surface area contributed by atoms with E-state index in [1.807, 2.05) is 23.6 Å². The van der Waals surface area contributed by atoms with E-state index in [0.29, 0.717) is 22.4 Å². The number of nitrogens with one attached hydrogen (secondary N) is 1. The normalized spacial score (nSPS) is 10.5. The predicted octanol–water partition coefficient (Wildman–Crippen LogP) is 4.29. The molecule has 0 unspecified atom stereocenters. The molecule has 0 saturated heterocycles. The van der Waals surface area contributed by atoms with Crippen molar-refractivity contribution < 1.29 is 23.8 Å². The van der Waals surface area contributed by atoms with Crippen LogP contribution < -0.4 is 25.3 Å². The van der Waals surface area contributed by atoms with Gasteiger partial charge in [-0.1, -0.05) is 12.1 Å². The Bertz CT molecular complexity index is 1350. The molecule has 0 atom stereocenters. The van der Waals surface area contributed by atoms with Gasteiger partial charge in [0.25, 0.3) is 5.91 Å². The van der Waals surface area contributed by atoms with Crippen LogP contribution in [-0.2, 0) is 11.2 Å². The highest BCUT2D eigenvalue weighted by Crippen LogP contribution is 2.33. The number of carbonyl (C=O) groups is 2. The standard InChI is InChI=1S/C25H22N4O5S/c1-32-20-10-7-16(13-21(20)33-2)19-14-35-25(28-19)29-22(30)12-15-5-8-17(9-6-15)34-24-18(23(26)31)4-3-11-27-24/h3-11,13-14H,12H2,1-2H3,(H2,26,31)(H,28,29,30). The first-order valence-corrected chi connectivity index (χ1v) is 11.3. The molecule has 2 amide bonds. The van der Waals surface area contributed by atoms with E-state index in [2.05, 4.69) is 15.3 Å².